The van der Waals surface area contributed by atoms with Crippen molar-refractivity contribution < 1.29 is 19.1 Å². The first kappa shape index (κ1) is 18.0. The van der Waals surface area contributed by atoms with E-state index in [0.29, 0.717) is 25.1 Å². The number of rotatable bonds is 6. The molecule has 1 aliphatic heterocycles. The Bertz CT molecular complexity index is 582. The molecular weight excluding hydrogens is 306 g/mol. The minimum Gasteiger partial charge on any atom is -0.463 e. The molecule has 2 rings (SSSR count). The number of likely N-dealkylation sites (tertiary alicyclic amines) is 1. The third kappa shape index (κ3) is 4.85. The third-order valence-electron chi connectivity index (χ3n) is 4.05. The van der Waals surface area contributed by atoms with Crippen LogP contribution in [0.15, 0.2) is 42.0 Å². The van der Waals surface area contributed by atoms with E-state index < -0.39 is 0 Å². The predicted octanol–water partition coefficient (Wildman–Crippen LogP) is 3.69. The first-order chi connectivity index (χ1) is 11.7. The van der Waals surface area contributed by atoms with Gasteiger partial charge in [0.25, 0.3) is 0 Å². The van der Waals surface area contributed by atoms with Gasteiger partial charge in [-0.3, -0.25) is 0 Å². The topological polar surface area (TPSA) is 55.8 Å². The number of amides is 1. The first-order valence-electron chi connectivity index (χ1n) is 8.50. The molecule has 0 N–H and O–H groups in total. The second-order valence-corrected chi connectivity index (χ2v) is 5.71. The summed E-state index contributed by atoms with van der Waals surface area (Å²) in [5, 5.41) is 0. The van der Waals surface area contributed by atoms with E-state index in [-0.39, 0.29) is 24.7 Å². The van der Waals surface area contributed by atoms with Gasteiger partial charge < -0.3 is 14.4 Å². The Morgan fingerprint density at radius 3 is 2.62 bits per heavy atom. The molecule has 5 heteroatoms. The summed E-state index contributed by atoms with van der Waals surface area (Å²) in [6.07, 6.45) is 3.85. The van der Waals surface area contributed by atoms with E-state index in [2.05, 4.69) is 0 Å². The Labute approximate surface area is 143 Å². The molecule has 24 heavy (non-hydrogen) atoms. The van der Waals surface area contributed by atoms with E-state index in [1.165, 1.54) is 0 Å². The summed E-state index contributed by atoms with van der Waals surface area (Å²) in [6, 6.07) is 9.49. The lowest BCUT2D eigenvalue weighted by Gasteiger charge is -2.22. The number of esters is 1. The lowest BCUT2D eigenvalue weighted by Crippen LogP contribution is -2.35. The van der Waals surface area contributed by atoms with Crippen molar-refractivity contribution in [3.63, 3.8) is 0 Å². The summed E-state index contributed by atoms with van der Waals surface area (Å²) in [7, 11) is 0. The van der Waals surface area contributed by atoms with Crippen molar-refractivity contribution in [3.8, 4) is 0 Å². The summed E-state index contributed by atoms with van der Waals surface area (Å²) >= 11 is 0. The molecule has 1 heterocycles. The number of ether oxygens (including phenoxy) is 2. The summed E-state index contributed by atoms with van der Waals surface area (Å²) in [6.45, 7) is 4.95. The third-order valence-corrected chi connectivity index (χ3v) is 4.05. The molecule has 1 atom stereocenters. The normalized spacial score (nSPS) is 17.7. The highest BCUT2D eigenvalue weighted by Gasteiger charge is 2.29. The van der Waals surface area contributed by atoms with Crippen molar-refractivity contribution >= 4 is 12.1 Å². The number of carbonyl (C=O) groups is 2. The molecule has 0 radical (unpaired) electrons. The van der Waals surface area contributed by atoms with Crippen molar-refractivity contribution in [1.29, 1.82) is 0 Å². The molecule has 0 aliphatic carbocycles. The quantitative estimate of drug-likeness (QED) is 0.589. The lowest BCUT2D eigenvalue weighted by atomic mass is 10.1. The Kier molecular flexibility index (Phi) is 6.85. The van der Waals surface area contributed by atoms with Gasteiger partial charge in [0.1, 0.15) is 6.61 Å². The number of benzene rings is 1. The number of carbonyl (C=O) groups excluding carboxylic acids is 2. The molecule has 0 bridgehead atoms. The minimum atomic E-state index is -0.336. The lowest BCUT2D eigenvalue weighted by molar-refractivity contribution is -0.138. The molecular formula is C19H25NO4. The molecule has 1 aliphatic rings. The Morgan fingerprint density at radius 1 is 1.21 bits per heavy atom. The van der Waals surface area contributed by atoms with Crippen LogP contribution in [0.1, 0.15) is 38.7 Å². The van der Waals surface area contributed by atoms with Gasteiger partial charge in [0.05, 0.1) is 12.6 Å². The zero-order valence-electron chi connectivity index (χ0n) is 14.4. The van der Waals surface area contributed by atoms with E-state index in [4.69, 9.17) is 9.47 Å². The van der Waals surface area contributed by atoms with E-state index in [1.54, 1.807) is 11.8 Å². The van der Waals surface area contributed by atoms with Crippen LogP contribution in [0.25, 0.3) is 0 Å². The minimum absolute atomic E-state index is 0.104. The van der Waals surface area contributed by atoms with Crippen LogP contribution < -0.4 is 0 Å². The van der Waals surface area contributed by atoms with Crippen LogP contribution in [-0.2, 0) is 20.9 Å². The molecule has 5 nitrogen and oxygen atoms in total. The van der Waals surface area contributed by atoms with Crippen LogP contribution in [-0.4, -0.2) is 36.2 Å². The van der Waals surface area contributed by atoms with Gasteiger partial charge in [-0.15, -0.1) is 0 Å². The molecule has 130 valence electrons. The molecule has 0 saturated carbocycles. The molecule has 0 spiro atoms. The average molecular weight is 331 g/mol. The molecule has 1 amide bonds. The Hall–Kier alpha value is -2.30. The van der Waals surface area contributed by atoms with Gasteiger partial charge >= 0.3 is 12.1 Å². The van der Waals surface area contributed by atoms with E-state index in [9.17, 15) is 9.59 Å². The highest BCUT2D eigenvalue weighted by Crippen LogP contribution is 2.22. The maximum absolute atomic E-state index is 12.4. The van der Waals surface area contributed by atoms with Gasteiger partial charge in [0, 0.05) is 12.1 Å². The van der Waals surface area contributed by atoms with E-state index >= 15 is 0 Å². The standard InChI is InChI=1S/C19H25NO4/c1-3-16(18(21)23-4-2)13-17-11-8-12-20(17)19(22)24-14-15-9-6-5-7-10-15/h5-7,9-10,13,17H,3-4,8,11-12,14H2,1-2H3/t17-/m1/s1. The van der Waals surface area contributed by atoms with Crippen molar-refractivity contribution in [2.75, 3.05) is 13.2 Å². The fourth-order valence-corrected chi connectivity index (χ4v) is 2.78. The number of nitrogens with zero attached hydrogens (tertiary/aromatic N) is 1. The molecule has 0 unspecified atom stereocenters. The fourth-order valence-electron chi connectivity index (χ4n) is 2.78. The molecule has 1 aromatic carbocycles. The second-order valence-electron chi connectivity index (χ2n) is 5.71. The molecule has 0 aromatic heterocycles. The predicted molar refractivity (Wildman–Crippen MR) is 91.4 cm³/mol. The number of hydrogen-bond acceptors (Lipinski definition) is 4. The summed E-state index contributed by atoms with van der Waals surface area (Å²) in [5.41, 5.74) is 1.57. The SMILES string of the molecule is CCOC(=O)C(=C[C@H]1CCCN1C(=O)OCc1ccccc1)CC. The van der Waals surface area contributed by atoms with Crippen molar-refractivity contribution in [2.45, 2.75) is 45.8 Å². The monoisotopic (exact) mass is 331 g/mol. The van der Waals surface area contributed by atoms with Crippen molar-refractivity contribution in [2.24, 2.45) is 0 Å². The van der Waals surface area contributed by atoms with Crippen LogP contribution in [0.4, 0.5) is 4.79 Å². The van der Waals surface area contributed by atoms with Gasteiger partial charge in [-0.05, 0) is 31.7 Å². The smallest absolute Gasteiger partial charge is 0.410 e. The van der Waals surface area contributed by atoms with Gasteiger partial charge in [-0.25, -0.2) is 9.59 Å². The van der Waals surface area contributed by atoms with Gasteiger partial charge in [0.2, 0.25) is 0 Å². The zero-order chi connectivity index (χ0) is 17.4. The molecule has 1 saturated heterocycles. The molecule has 1 aromatic rings. The number of hydrogen-bond donors (Lipinski definition) is 0. The summed E-state index contributed by atoms with van der Waals surface area (Å²) < 4.78 is 10.5. The highest BCUT2D eigenvalue weighted by molar-refractivity contribution is 5.88. The summed E-state index contributed by atoms with van der Waals surface area (Å²) in [4.78, 5) is 26.0. The maximum atomic E-state index is 12.4. The average Bonchev–Trinajstić information content (AvgIpc) is 3.07. The maximum Gasteiger partial charge on any atom is 0.410 e. The van der Waals surface area contributed by atoms with E-state index in [0.717, 1.165) is 18.4 Å². The van der Waals surface area contributed by atoms with Crippen LogP contribution in [0.3, 0.4) is 0 Å². The highest BCUT2D eigenvalue weighted by atomic mass is 16.6. The van der Waals surface area contributed by atoms with Crippen LogP contribution in [0.2, 0.25) is 0 Å². The van der Waals surface area contributed by atoms with Gasteiger partial charge in [-0.2, -0.15) is 0 Å². The first-order valence-corrected chi connectivity index (χ1v) is 8.50. The Balaban J connectivity index is 1.98. The van der Waals surface area contributed by atoms with Gasteiger partial charge in [0.15, 0.2) is 0 Å². The Morgan fingerprint density at radius 2 is 1.96 bits per heavy atom. The van der Waals surface area contributed by atoms with Crippen LogP contribution in [0, 0.1) is 0 Å². The van der Waals surface area contributed by atoms with Crippen LogP contribution >= 0.6 is 0 Å². The largest absolute Gasteiger partial charge is 0.463 e. The second kappa shape index (κ2) is 9.11. The summed E-state index contributed by atoms with van der Waals surface area (Å²) in [5.74, 6) is -0.301. The van der Waals surface area contributed by atoms with Crippen molar-refractivity contribution in [1.82, 2.24) is 4.90 Å². The van der Waals surface area contributed by atoms with Gasteiger partial charge in [-0.1, -0.05) is 43.3 Å². The van der Waals surface area contributed by atoms with Crippen LogP contribution in [0.5, 0.6) is 0 Å². The zero-order valence-corrected chi connectivity index (χ0v) is 14.4. The van der Waals surface area contributed by atoms with Crippen molar-refractivity contribution in [3.05, 3.63) is 47.5 Å². The van der Waals surface area contributed by atoms with E-state index in [1.807, 2.05) is 43.3 Å². The molecule has 1 fully saturated rings. The fraction of sp³-hybridized carbons (Fsp3) is 0.474.